The van der Waals surface area contributed by atoms with E-state index in [0.29, 0.717) is 18.3 Å². The third-order valence-corrected chi connectivity index (χ3v) is 5.39. The average Bonchev–Trinajstić information content (AvgIpc) is 3.29. The van der Waals surface area contributed by atoms with E-state index in [2.05, 4.69) is 23.6 Å². The van der Waals surface area contributed by atoms with Crippen LogP contribution < -0.4 is 10.6 Å². The number of hydrogen-bond acceptors (Lipinski definition) is 2. The van der Waals surface area contributed by atoms with Crippen molar-refractivity contribution in [2.45, 2.75) is 44.6 Å². The van der Waals surface area contributed by atoms with Crippen LogP contribution in [0.3, 0.4) is 0 Å². The SMILES string of the molecule is CC(CC(=O)NC1(c2cccc(Cl)c2)CC1)C1CCCNC1. The highest BCUT2D eigenvalue weighted by Crippen LogP contribution is 2.46. The topological polar surface area (TPSA) is 41.1 Å². The second-order valence-corrected chi connectivity index (χ2v) is 7.36. The van der Waals surface area contributed by atoms with E-state index < -0.39 is 0 Å². The summed E-state index contributed by atoms with van der Waals surface area (Å²) in [5.41, 5.74) is 0.979. The van der Waals surface area contributed by atoms with Gasteiger partial charge in [0.15, 0.2) is 0 Å². The first-order chi connectivity index (χ1) is 10.6. The molecule has 2 N–H and O–H groups in total. The zero-order valence-corrected chi connectivity index (χ0v) is 14.0. The highest BCUT2D eigenvalue weighted by atomic mass is 35.5. The van der Waals surface area contributed by atoms with Gasteiger partial charge in [0.25, 0.3) is 0 Å². The molecule has 1 aliphatic heterocycles. The quantitative estimate of drug-likeness (QED) is 0.872. The summed E-state index contributed by atoms with van der Waals surface area (Å²) in [6, 6.07) is 7.87. The molecule has 4 heteroatoms. The second kappa shape index (κ2) is 6.59. The molecule has 1 aromatic rings. The van der Waals surface area contributed by atoms with E-state index in [1.165, 1.54) is 12.8 Å². The normalized spacial score (nSPS) is 24.5. The number of halogens is 1. The monoisotopic (exact) mass is 320 g/mol. The van der Waals surface area contributed by atoms with Gasteiger partial charge in [0.1, 0.15) is 0 Å². The van der Waals surface area contributed by atoms with Crippen molar-refractivity contribution in [1.29, 1.82) is 0 Å². The van der Waals surface area contributed by atoms with Crippen LogP contribution in [-0.4, -0.2) is 19.0 Å². The van der Waals surface area contributed by atoms with Crippen molar-refractivity contribution in [3.05, 3.63) is 34.9 Å². The van der Waals surface area contributed by atoms with Gasteiger partial charge in [-0.1, -0.05) is 30.7 Å². The molecular formula is C18H25ClN2O. The lowest BCUT2D eigenvalue weighted by atomic mass is 9.85. The van der Waals surface area contributed by atoms with Gasteiger partial charge in [-0.15, -0.1) is 0 Å². The van der Waals surface area contributed by atoms with E-state index >= 15 is 0 Å². The van der Waals surface area contributed by atoms with Crippen LogP contribution in [0.5, 0.6) is 0 Å². The lowest BCUT2D eigenvalue weighted by molar-refractivity contribution is -0.123. The van der Waals surface area contributed by atoms with Crippen molar-refractivity contribution in [1.82, 2.24) is 10.6 Å². The van der Waals surface area contributed by atoms with E-state index in [0.717, 1.165) is 36.5 Å². The van der Waals surface area contributed by atoms with Crippen LogP contribution in [0, 0.1) is 11.8 Å². The Morgan fingerprint density at radius 2 is 2.32 bits per heavy atom. The first kappa shape index (κ1) is 15.8. The number of rotatable bonds is 5. The van der Waals surface area contributed by atoms with Crippen molar-refractivity contribution < 1.29 is 4.79 Å². The number of nitrogens with one attached hydrogen (secondary N) is 2. The van der Waals surface area contributed by atoms with Crippen molar-refractivity contribution in [2.24, 2.45) is 11.8 Å². The molecule has 1 saturated heterocycles. The zero-order chi connectivity index (χ0) is 15.6. The minimum Gasteiger partial charge on any atom is -0.347 e. The van der Waals surface area contributed by atoms with Crippen molar-refractivity contribution >= 4 is 17.5 Å². The summed E-state index contributed by atoms with van der Waals surface area (Å²) in [7, 11) is 0. The maximum atomic E-state index is 12.4. The van der Waals surface area contributed by atoms with Gasteiger partial charge in [-0.05, 0) is 68.3 Å². The van der Waals surface area contributed by atoms with Crippen LogP contribution in [0.2, 0.25) is 5.02 Å². The Bertz CT molecular complexity index is 536. The third-order valence-electron chi connectivity index (χ3n) is 5.15. The largest absolute Gasteiger partial charge is 0.347 e. The molecule has 2 unspecified atom stereocenters. The minimum atomic E-state index is -0.160. The molecule has 0 bridgehead atoms. The predicted molar refractivity (Wildman–Crippen MR) is 89.9 cm³/mol. The molecule has 1 amide bonds. The Hall–Kier alpha value is -1.06. The summed E-state index contributed by atoms with van der Waals surface area (Å²) in [5.74, 6) is 1.24. The molecule has 2 atom stereocenters. The number of piperidine rings is 1. The fourth-order valence-electron chi connectivity index (χ4n) is 3.54. The molecule has 0 spiro atoms. The highest BCUT2D eigenvalue weighted by molar-refractivity contribution is 6.30. The molecule has 2 aliphatic rings. The van der Waals surface area contributed by atoms with Crippen LogP contribution in [0.15, 0.2) is 24.3 Å². The van der Waals surface area contributed by atoms with Gasteiger partial charge < -0.3 is 10.6 Å². The summed E-state index contributed by atoms with van der Waals surface area (Å²) >= 11 is 6.08. The Labute approximate surface area is 137 Å². The molecule has 120 valence electrons. The van der Waals surface area contributed by atoms with Crippen LogP contribution in [-0.2, 0) is 10.3 Å². The zero-order valence-electron chi connectivity index (χ0n) is 13.2. The maximum absolute atomic E-state index is 12.4. The molecular weight excluding hydrogens is 296 g/mol. The van der Waals surface area contributed by atoms with Gasteiger partial charge in [0, 0.05) is 11.4 Å². The van der Waals surface area contributed by atoms with Gasteiger partial charge >= 0.3 is 0 Å². The number of carbonyl (C=O) groups excluding carboxylic acids is 1. The van der Waals surface area contributed by atoms with E-state index in [4.69, 9.17) is 11.6 Å². The summed E-state index contributed by atoms with van der Waals surface area (Å²) in [6.07, 6.45) is 5.11. The molecule has 1 aromatic carbocycles. The lowest BCUT2D eigenvalue weighted by Gasteiger charge is -2.28. The number of hydrogen-bond donors (Lipinski definition) is 2. The van der Waals surface area contributed by atoms with Gasteiger partial charge in [-0.3, -0.25) is 4.79 Å². The third kappa shape index (κ3) is 3.64. The Kier molecular flexibility index (Phi) is 4.74. The summed E-state index contributed by atoms with van der Waals surface area (Å²) in [5, 5.41) is 7.43. The number of amides is 1. The van der Waals surface area contributed by atoms with Crippen molar-refractivity contribution in [3.63, 3.8) is 0 Å². The fourth-order valence-corrected chi connectivity index (χ4v) is 3.73. The second-order valence-electron chi connectivity index (χ2n) is 6.93. The van der Waals surface area contributed by atoms with Gasteiger partial charge in [0.2, 0.25) is 5.91 Å². The molecule has 1 aliphatic carbocycles. The molecule has 0 radical (unpaired) electrons. The Morgan fingerprint density at radius 3 is 2.95 bits per heavy atom. The van der Waals surface area contributed by atoms with Crippen molar-refractivity contribution in [3.8, 4) is 0 Å². The molecule has 1 heterocycles. The Morgan fingerprint density at radius 1 is 1.50 bits per heavy atom. The highest BCUT2D eigenvalue weighted by Gasteiger charge is 2.45. The van der Waals surface area contributed by atoms with Gasteiger partial charge in [0.05, 0.1) is 5.54 Å². The van der Waals surface area contributed by atoms with E-state index in [1.807, 2.05) is 18.2 Å². The summed E-state index contributed by atoms with van der Waals surface area (Å²) < 4.78 is 0. The first-order valence-electron chi connectivity index (χ1n) is 8.37. The maximum Gasteiger partial charge on any atom is 0.220 e. The molecule has 2 fully saturated rings. The number of benzene rings is 1. The van der Waals surface area contributed by atoms with E-state index in [1.54, 1.807) is 0 Å². The molecule has 3 rings (SSSR count). The molecule has 22 heavy (non-hydrogen) atoms. The van der Waals surface area contributed by atoms with Crippen LogP contribution in [0.25, 0.3) is 0 Å². The Balaban J connectivity index is 1.57. The van der Waals surface area contributed by atoms with E-state index in [-0.39, 0.29) is 11.4 Å². The predicted octanol–water partition coefficient (Wildman–Crippen LogP) is 3.47. The van der Waals surface area contributed by atoms with Gasteiger partial charge in [-0.2, -0.15) is 0 Å². The number of carbonyl (C=O) groups is 1. The minimum absolute atomic E-state index is 0.160. The van der Waals surface area contributed by atoms with Crippen LogP contribution in [0.1, 0.15) is 44.6 Å². The fraction of sp³-hybridized carbons (Fsp3) is 0.611. The summed E-state index contributed by atoms with van der Waals surface area (Å²) in [4.78, 5) is 12.4. The van der Waals surface area contributed by atoms with Crippen molar-refractivity contribution in [2.75, 3.05) is 13.1 Å². The van der Waals surface area contributed by atoms with Crippen LogP contribution >= 0.6 is 11.6 Å². The molecule has 0 aromatic heterocycles. The van der Waals surface area contributed by atoms with Gasteiger partial charge in [-0.25, -0.2) is 0 Å². The smallest absolute Gasteiger partial charge is 0.220 e. The summed E-state index contributed by atoms with van der Waals surface area (Å²) in [6.45, 7) is 4.37. The first-order valence-corrected chi connectivity index (χ1v) is 8.75. The lowest BCUT2D eigenvalue weighted by Crippen LogP contribution is -2.38. The van der Waals surface area contributed by atoms with Crippen LogP contribution in [0.4, 0.5) is 0 Å². The average molecular weight is 321 g/mol. The van der Waals surface area contributed by atoms with E-state index in [9.17, 15) is 4.79 Å². The standard InChI is InChI=1S/C18H25ClN2O/c1-13(14-4-3-9-20-12-14)10-17(22)21-18(7-8-18)15-5-2-6-16(19)11-15/h2,5-6,11,13-14,20H,3-4,7-10,12H2,1H3,(H,21,22). The molecule has 3 nitrogen and oxygen atoms in total. The molecule has 1 saturated carbocycles.